The smallest absolute Gasteiger partial charge is 0.273 e. The number of piperidine rings is 1. The van der Waals surface area contributed by atoms with Gasteiger partial charge >= 0.3 is 0 Å². The van der Waals surface area contributed by atoms with Crippen LogP contribution in [0.4, 0.5) is 8.78 Å². The molecule has 9 heteroatoms. The van der Waals surface area contributed by atoms with Crippen molar-refractivity contribution in [3.63, 3.8) is 0 Å². The average molecular weight is 499 g/mol. The second-order valence-electron chi connectivity index (χ2n) is 10.6. The zero-order valence-corrected chi connectivity index (χ0v) is 20.8. The summed E-state index contributed by atoms with van der Waals surface area (Å²) in [5, 5.41) is 17.4. The quantitative estimate of drug-likeness (QED) is 0.543. The first-order chi connectivity index (χ1) is 17.0. The summed E-state index contributed by atoms with van der Waals surface area (Å²) in [4.78, 5) is 28.4. The zero-order valence-electron chi connectivity index (χ0n) is 20.8. The van der Waals surface area contributed by atoms with Crippen LogP contribution in [-0.4, -0.2) is 63.0 Å². The molecule has 4 rings (SSSR count). The van der Waals surface area contributed by atoms with Gasteiger partial charge in [0.2, 0.25) is 5.91 Å². The van der Waals surface area contributed by atoms with Gasteiger partial charge in [0.05, 0.1) is 18.7 Å². The molecule has 1 saturated heterocycles. The van der Waals surface area contributed by atoms with E-state index in [1.807, 2.05) is 39.0 Å². The molecule has 0 unspecified atom stereocenters. The van der Waals surface area contributed by atoms with E-state index >= 15 is 0 Å². The molecule has 1 aliphatic heterocycles. The van der Waals surface area contributed by atoms with E-state index < -0.39 is 29.6 Å². The van der Waals surface area contributed by atoms with Crippen molar-refractivity contribution in [3.8, 4) is 0 Å². The molecule has 7 nitrogen and oxygen atoms in total. The summed E-state index contributed by atoms with van der Waals surface area (Å²) in [7, 11) is 0. The maximum atomic E-state index is 14.4. The maximum Gasteiger partial charge on any atom is 0.273 e. The number of hydrogen-bond acceptors (Lipinski definition) is 4. The molecular weight excluding hydrogens is 466 g/mol. The minimum absolute atomic E-state index is 0.0540. The fourth-order valence-electron chi connectivity index (χ4n) is 4.50. The molecule has 0 radical (unpaired) electrons. The van der Waals surface area contributed by atoms with E-state index in [4.69, 9.17) is 0 Å². The highest BCUT2D eigenvalue weighted by molar-refractivity contribution is 6.06. The largest absolute Gasteiger partial charge is 0.393 e. The van der Waals surface area contributed by atoms with Crippen molar-refractivity contribution in [2.24, 2.45) is 5.41 Å². The normalized spacial score (nSPS) is 16.7. The first-order valence-corrected chi connectivity index (χ1v) is 12.1. The van der Waals surface area contributed by atoms with Crippen LogP contribution >= 0.6 is 0 Å². The second kappa shape index (κ2) is 9.97. The minimum Gasteiger partial charge on any atom is -0.393 e. The highest BCUT2D eigenvalue weighted by Gasteiger charge is 2.41. The molecule has 2 amide bonds. The number of carbonyl (C=O) groups excluding carboxylic acids is 2. The van der Waals surface area contributed by atoms with E-state index in [0.29, 0.717) is 11.9 Å². The van der Waals surface area contributed by atoms with Crippen LogP contribution in [0.15, 0.2) is 48.5 Å². The number of nitrogens with zero attached hydrogens (tertiary/aromatic N) is 3. The third kappa shape index (κ3) is 5.41. The molecule has 2 heterocycles. The number of halogens is 2. The van der Waals surface area contributed by atoms with Crippen LogP contribution in [0.25, 0.3) is 10.9 Å². The number of fused-ring (bicyclic) bond motifs is 1. The number of likely N-dealkylation sites (tertiary alicyclic amines) is 1. The number of aliphatic hydroxyl groups excluding tert-OH is 1. The monoisotopic (exact) mass is 498 g/mol. The van der Waals surface area contributed by atoms with Gasteiger partial charge in [-0.15, -0.1) is 0 Å². The summed E-state index contributed by atoms with van der Waals surface area (Å²) >= 11 is 0. The Morgan fingerprint density at radius 1 is 1.11 bits per heavy atom. The first kappa shape index (κ1) is 25.8. The molecule has 1 aliphatic rings. The van der Waals surface area contributed by atoms with Crippen molar-refractivity contribution < 1.29 is 23.5 Å². The van der Waals surface area contributed by atoms with Gasteiger partial charge in [0.15, 0.2) is 5.69 Å². The molecule has 1 atom stereocenters. The van der Waals surface area contributed by atoms with E-state index in [1.54, 1.807) is 27.8 Å². The molecule has 1 aromatic heterocycles. The number of amides is 2. The molecule has 3 aromatic rings. The summed E-state index contributed by atoms with van der Waals surface area (Å²) in [5.74, 6) is -1.10. The number of benzene rings is 2. The molecule has 0 aliphatic carbocycles. The van der Waals surface area contributed by atoms with Gasteiger partial charge in [0.25, 0.3) is 5.91 Å². The average Bonchev–Trinajstić information content (AvgIpc) is 3.22. The van der Waals surface area contributed by atoms with Crippen LogP contribution in [-0.2, 0) is 11.3 Å². The van der Waals surface area contributed by atoms with Gasteiger partial charge in [-0.1, -0.05) is 51.1 Å². The number of alkyl halides is 1. The van der Waals surface area contributed by atoms with Crippen molar-refractivity contribution in [1.82, 2.24) is 20.0 Å². The maximum absolute atomic E-state index is 14.4. The number of hydrogen-bond donors (Lipinski definition) is 2. The summed E-state index contributed by atoms with van der Waals surface area (Å²) in [6.45, 7) is 5.71. The predicted octanol–water partition coefficient (Wildman–Crippen LogP) is 3.69. The predicted molar refractivity (Wildman–Crippen MR) is 133 cm³/mol. The van der Waals surface area contributed by atoms with Crippen LogP contribution < -0.4 is 5.32 Å². The number of aliphatic hydroxyl groups is 1. The Morgan fingerprint density at radius 2 is 1.75 bits per heavy atom. The van der Waals surface area contributed by atoms with Gasteiger partial charge < -0.3 is 15.3 Å². The zero-order chi connectivity index (χ0) is 26.1. The van der Waals surface area contributed by atoms with Crippen LogP contribution in [0.5, 0.6) is 0 Å². The Hall–Kier alpha value is -3.33. The number of rotatable bonds is 6. The topological polar surface area (TPSA) is 87.5 Å². The highest BCUT2D eigenvalue weighted by Crippen LogP contribution is 2.29. The van der Waals surface area contributed by atoms with Gasteiger partial charge in [-0.2, -0.15) is 5.10 Å². The van der Waals surface area contributed by atoms with Crippen molar-refractivity contribution in [3.05, 3.63) is 65.6 Å². The molecule has 0 spiro atoms. The van der Waals surface area contributed by atoms with Gasteiger partial charge in [-0.3, -0.25) is 14.3 Å². The fraction of sp³-hybridized carbons (Fsp3) is 0.444. The summed E-state index contributed by atoms with van der Waals surface area (Å²) in [5.41, 5.74) is -0.522. The van der Waals surface area contributed by atoms with Crippen molar-refractivity contribution >= 4 is 22.7 Å². The molecule has 0 bridgehead atoms. The number of carbonyl (C=O) groups is 2. The van der Waals surface area contributed by atoms with Crippen molar-refractivity contribution in [2.45, 2.75) is 51.9 Å². The van der Waals surface area contributed by atoms with Gasteiger partial charge in [-0.25, -0.2) is 8.78 Å². The van der Waals surface area contributed by atoms with Crippen molar-refractivity contribution in [2.75, 3.05) is 19.7 Å². The number of aromatic nitrogens is 2. The SMILES string of the molecule is CC(C)(C)[C@H](NC(=O)c1nn(Cc2ccc(F)cc2)c2ccccc12)C(=O)N1CCC(F)(CO)CC1. The van der Waals surface area contributed by atoms with E-state index in [0.717, 1.165) is 11.1 Å². The third-order valence-corrected chi connectivity index (χ3v) is 6.76. The Balaban J connectivity index is 1.58. The van der Waals surface area contributed by atoms with Crippen molar-refractivity contribution in [1.29, 1.82) is 0 Å². The molecule has 0 saturated carbocycles. The highest BCUT2D eigenvalue weighted by atomic mass is 19.1. The Bertz CT molecular complexity index is 1240. The van der Waals surface area contributed by atoms with Gasteiger partial charge in [0.1, 0.15) is 17.5 Å². The number of para-hydroxylation sites is 1. The molecule has 192 valence electrons. The molecule has 2 aromatic carbocycles. The Morgan fingerprint density at radius 3 is 2.36 bits per heavy atom. The van der Waals surface area contributed by atoms with E-state index in [1.165, 1.54) is 12.1 Å². The lowest BCUT2D eigenvalue weighted by atomic mass is 9.84. The lowest BCUT2D eigenvalue weighted by Gasteiger charge is -2.39. The summed E-state index contributed by atoms with van der Waals surface area (Å²) < 4.78 is 29.5. The first-order valence-electron chi connectivity index (χ1n) is 12.1. The van der Waals surface area contributed by atoms with Gasteiger partial charge in [0, 0.05) is 31.3 Å². The summed E-state index contributed by atoms with van der Waals surface area (Å²) in [6.07, 6.45) is 0.108. The molecule has 36 heavy (non-hydrogen) atoms. The van der Waals surface area contributed by atoms with E-state index in [9.17, 15) is 23.5 Å². The second-order valence-corrected chi connectivity index (χ2v) is 10.6. The number of nitrogens with one attached hydrogen (secondary N) is 1. The summed E-state index contributed by atoms with van der Waals surface area (Å²) in [6, 6.07) is 12.6. The Kier molecular flexibility index (Phi) is 7.13. The molecule has 1 fully saturated rings. The lowest BCUT2D eigenvalue weighted by molar-refractivity contribution is -0.139. The van der Waals surface area contributed by atoms with Crippen LogP contribution in [0.3, 0.4) is 0 Å². The van der Waals surface area contributed by atoms with Crippen LogP contribution in [0.1, 0.15) is 49.7 Å². The van der Waals surface area contributed by atoms with E-state index in [-0.39, 0.29) is 43.3 Å². The minimum atomic E-state index is -1.67. The van der Waals surface area contributed by atoms with E-state index in [2.05, 4.69) is 10.4 Å². The standard InChI is InChI=1S/C27H32F2N4O3/c1-26(2,3)23(25(36)32-14-12-27(29,17-34)13-15-32)30-24(35)22-20-6-4-5-7-21(20)33(31-22)16-18-8-10-19(28)11-9-18/h4-11,23,34H,12-17H2,1-3H3,(H,30,35)/t23-/m1/s1. The van der Waals surface area contributed by atoms with Crippen LogP contribution in [0, 0.1) is 11.2 Å². The lowest BCUT2D eigenvalue weighted by Crippen LogP contribution is -2.57. The molecule has 2 N–H and O–H groups in total. The fourth-order valence-corrected chi connectivity index (χ4v) is 4.50. The molecular formula is C27H32F2N4O3. The van der Waals surface area contributed by atoms with Crippen LogP contribution in [0.2, 0.25) is 0 Å². The third-order valence-electron chi connectivity index (χ3n) is 6.76. The van der Waals surface area contributed by atoms with Gasteiger partial charge in [-0.05, 0) is 29.2 Å². The Labute approximate surface area is 209 Å².